The maximum absolute atomic E-state index is 12.4. The van der Waals surface area contributed by atoms with Gasteiger partial charge in [0.15, 0.2) is 5.78 Å². The van der Waals surface area contributed by atoms with Crippen molar-refractivity contribution in [2.24, 2.45) is 5.92 Å². The van der Waals surface area contributed by atoms with Crippen LogP contribution >= 0.6 is 0 Å². The van der Waals surface area contributed by atoms with E-state index in [1.807, 2.05) is 24.3 Å². The lowest BCUT2D eigenvalue weighted by atomic mass is 9.84. The van der Waals surface area contributed by atoms with Crippen LogP contribution in [0.2, 0.25) is 0 Å². The zero-order valence-corrected chi connectivity index (χ0v) is 9.98. The number of carbonyl (C=O) groups is 1. The summed E-state index contributed by atoms with van der Waals surface area (Å²) in [5.41, 5.74) is 0.781. The van der Waals surface area contributed by atoms with Gasteiger partial charge in [0.2, 0.25) is 0 Å². The molecule has 1 N–H and O–H groups in total. The predicted octanol–water partition coefficient (Wildman–Crippen LogP) is 2.02. The molecular formula is C14H17NO2. The topological polar surface area (TPSA) is 38.3 Å². The van der Waals surface area contributed by atoms with Crippen LogP contribution in [0.15, 0.2) is 24.3 Å². The number of fused-ring (bicyclic) bond motifs is 2. The standard InChI is InChI=1S/C14H17NO2/c1-17-11-4-2-3-9(7-11)14(16)12-8-10-5-6-13(12)15-10/h2-4,7,10,12-13,15H,5-6,8H2,1H3. The van der Waals surface area contributed by atoms with Crippen LogP contribution in [0.4, 0.5) is 0 Å². The van der Waals surface area contributed by atoms with Crippen molar-refractivity contribution in [2.45, 2.75) is 31.3 Å². The third kappa shape index (κ3) is 1.84. The van der Waals surface area contributed by atoms with Gasteiger partial charge in [-0.05, 0) is 31.4 Å². The van der Waals surface area contributed by atoms with Gasteiger partial charge in [0.25, 0.3) is 0 Å². The van der Waals surface area contributed by atoms with Gasteiger partial charge in [-0.1, -0.05) is 12.1 Å². The highest BCUT2D eigenvalue weighted by atomic mass is 16.5. The van der Waals surface area contributed by atoms with Gasteiger partial charge in [0, 0.05) is 23.6 Å². The lowest BCUT2D eigenvalue weighted by molar-refractivity contribution is 0.0900. The number of benzene rings is 1. The number of hydrogen-bond acceptors (Lipinski definition) is 3. The first kappa shape index (κ1) is 10.8. The quantitative estimate of drug-likeness (QED) is 0.809. The third-order valence-corrected chi connectivity index (χ3v) is 3.99. The molecule has 2 aliphatic rings. The summed E-state index contributed by atoms with van der Waals surface area (Å²) in [6.07, 6.45) is 3.37. The maximum atomic E-state index is 12.4. The Morgan fingerprint density at radius 3 is 2.94 bits per heavy atom. The summed E-state index contributed by atoms with van der Waals surface area (Å²) < 4.78 is 5.16. The average molecular weight is 231 g/mol. The SMILES string of the molecule is COc1cccc(C(=O)C2CC3CCC2N3)c1. The molecule has 0 amide bonds. The molecule has 0 radical (unpaired) electrons. The number of ketones is 1. The lowest BCUT2D eigenvalue weighted by Gasteiger charge is -2.18. The molecule has 0 aromatic heterocycles. The second kappa shape index (κ2) is 4.15. The Balaban J connectivity index is 1.81. The highest BCUT2D eigenvalue weighted by molar-refractivity contribution is 5.99. The van der Waals surface area contributed by atoms with E-state index < -0.39 is 0 Å². The molecule has 3 unspecified atom stereocenters. The van der Waals surface area contributed by atoms with Crippen molar-refractivity contribution in [1.82, 2.24) is 5.32 Å². The number of methoxy groups -OCH3 is 1. The zero-order valence-electron chi connectivity index (χ0n) is 9.98. The Labute approximate surface area is 101 Å². The molecule has 3 rings (SSSR count). The fraction of sp³-hybridized carbons (Fsp3) is 0.500. The van der Waals surface area contributed by atoms with Crippen LogP contribution in [0.5, 0.6) is 5.75 Å². The molecule has 1 aromatic carbocycles. The van der Waals surface area contributed by atoms with Gasteiger partial charge in [-0.3, -0.25) is 4.79 Å². The Bertz CT molecular complexity index is 444. The summed E-state index contributed by atoms with van der Waals surface area (Å²) in [5.74, 6) is 1.19. The smallest absolute Gasteiger partial charge is 0.167 e. The average Bonchev–Trinajstić information content (AvgIpc) is 3.00. The Morgan fingerprint density at radius 2 is 2.29 bits per heavy atom. The van der Waals surface area contributed by atoms with E-state index >= 15 is 0 Å². The van der Waals surface area contributed by atoms with Crippen molar-refractivity contribution in [1.29, 1.82) is 0 Å². The summed E-state index contributed by atoms with van der Waals surface area (Å²) in [7, 11) is 1.63. The highest BCUT2D eigenvalue weighted by Gasteiger charge is 2.42. The van der Waals surface area contributed by atoms with Gasteiger partial charge < -0.3 is 10.1 Å². The summed E-state index contributed by atoms with van der Waals surface area (Å²) >= 11 is 0. The predicted molar refractivity (Wildman–Crippen MR) is 65.4 cm³/mol. The number of rotatable bonds is 3. The second-order valence-corrected chi connectivity index (χ2v) is 4.99. The second-order valence-electron chi connectivity index (χ2n) is 4.99. The molecule has 0 aliphatic carbocycles. The molecule has 90 valence electrons. The lowest BCUT2D eigenvalue weighted by Crippen LogP contribution is -2.28. The molecule has 2 saturated heterocycles. The van der Waals surface area contributed by atoms with Crippen LogP contribution in [0.3, 0.4) is 0 Å². The number of carbonyl (C=O) groups excluding carboxylic acids is 1. The van der Waals surface area contributed by atoms with E-state index in [1.54, 1.807) is 7.11 Å². The summed E-state index contributed by atoms with van der Waals surface area (Å²) in [6.45, 7) is 0. The van der Waals surface area contributed by atoms with Crippen LogP contribution < -0.4 is 10.1 Å². The first-order valence-electron chi connectivity index (χ1n) is 6.22. The van der Waals surface area contributed by atoms with E-state index in [-0.39, 0.29) is 11.7 Å². The number of nitrogens with one attached hydrogen (secondary N) is 1. The normalized spacial score (nSPS) is 30.5. The van der Waals surface area contributed by atoms with E-state index in [4.69, 9.17) is 4.74 Å². The van der Waals surface area contributed by atoms with Crippen molar-refractivity contribution in [3.63, 3.8) is 0 Å². The van der Waals surface area contributed by atoms with Crippen molar-refractivity contribution < 1.29 is 9.53 Å². The third-order valence-electron chi connectivity index (χ3n) is 3.99. The molecule has 3 atom stereocenters. The van der Waals surface area contributed by atoms with Gasteiger partial charge in [-0.15, -0.1) is 0 Å². The summed E-state index contributed by atoms with van der Waals surface area (Å²) in [6, 6.07) is 8.45. The number of hydrogen-bond donors (Lipinski definition) is 1. The van der Waals surface area contributed by atoms with Crippen molar-refractivity contribution >= 4 is 5.78 Å². The number of ether oxygens (including phenoxy) is 1. The molecule has 3 heteroatoms. The van der Waals surface area contributed by atoms with Crippen molar-refractivity contribution in [2.75, 3.05) is 7.11 Å². The zero-order chi connectivity index (χ0) is 11.8. The molecule has 2 fully saturated rings. The maximum Gasteiger partial charge on any atom is 0.167 e. The molecule has 0 saturated carbocycles. The molecular weight excluding hydrogens is 214 g/mol. The molecule has 2 aliphatic heterocycles. The van der Waals surface area contributed by atoms with E-state index in [0.717, 1.165) is 24.2 Å². The fourth-order valence-corrected chi connectivity index (χ4v) is 3.10. The minimum absolute atomic E-state index is 0.167. The van der Waals surface area contributed by atoms with E-state index in [1.165, 1.54) is 6.42 Å². The van der Waals surface area contributed by atoms with Crippen LogP contribution in [-0.4, -0.2) is 25.0 Å². The first-order chi connectivity index (χ1) is 8.28. The van der Waals surface area contributed by atoms with Crippen LogP contribution in [0, 0.1) is 5.92 Å². The van der Waals surface area contributed by atoms with Crippen LogP contribution in [0.1, 0.15) is 29.6 Å². The summed E-state index contributed by atoms with van der Waals surface area (Å²) in [4.78, 5) is 12.4. The molecule has 1 aromatic rings. The molecule has 17 heavy (non-hydrogen) atoms. The number of Topliss-reactive ketones (excluding diaryl/α,β-unsaturated/α-hetero) is 1. The Kier molecular flexibility index (Phi) is 2.63. The monoisotopic (exact) mass is 231 g/mol. The molecule has 3 nitrogen and oxygen atoms in total. The van der Waals surface area contributed by atoms with Gasteiger partial charge in [0.05, 0.1) is 7.11 Å². The van der Waals surface area contributed by atoms with Crippen LogP contribution in [-0.2, 0) is 0 Å². The van der Waals surface area contributed by atoms with Crippen molar-refractivity contribution in [3.05, 3.63) is 29.8 Å². The molecule has 2 bridgehead atoms. The first-order valence-corrected chi connectivity index (χ1v) is 6.22. The van der Waals surface area contributed by atoms with E-state index in [2.05, 4.69) is 5.32 Å². The Hall–Kier alpha value is -1.35. The van der Waals surface area contributed by atoms with Crippen molar-refractivity contribution in [3.8, 4) is 5.75 Å². The van der Waals surface area contributed by atoms with Gasteiger partial charge in [-0.25, -0.2) is 0 Å². The van der Waals surface area contributed by atoms with E-state index in [9.17, 15) is 4.79 Å². The minimum atomic E-state index is 0.167. The fourth-order valence-electron chi connectivity index (χ4n) is 3.10. The van der Waals surface area contributed by atoms with Gasteiger partial charge >= 0.3 is 0 Å². The largest absolute Gasteiger partial charge is 0.497 e. The molecule has 0 spiro atoms. The van der Waals surface area contributed by atoms with Gasteiger partial charge in [-0.2, -0.15) is 0 Å². The minimum Gasteiger partial charge on any atom is -0.497 e. The Morgan fingerprint density at radius 1 is 1.41 bits per heavy atom. The van der Waals surface area contributed by atoms with E-state index in [0.29, 0.717) is 12.1 Å². The van der Waals surface area contributed by atoms with Gasteiger partial charge in [0.1, 0.15) is 5.75 Å². The van der Waals surface area contributed by atoms with Crippen LogP contribution in [0.25, 0.3) is 0 Å². The highest BCUT2D eigenvalue weighted by Crippen LogP contribution is 2.35. The summed E-state index contributed by atoms with van der Waals surface area (Å²) in [5, 5.41) is 3.51. The molecule has 2 heterocycles.